The van der Waals surface area contributed by atoms with Gasteiger partial charge in [-0.25, -0.2) is 14.4 Å². The molecule has 0 atom stereocenters. The number of H-pyrrole nitrogens is 1. The normalized spacial score (nSPS) is 20.4. The quantitative estimate of drug-likeness (QED) is 0.490. The van der Waals surface area contributed by atoms with Gasteiger partial charge in [-0.15, -0.1) is 0 Å². The Kier molecular flexibility index (Phi) is 6.63. The van der Waals surface area contributed by atoms with Crippen molar-refractivity contribution in [2.24, 2.45) is 5.41 Å². The highest BCUT2D eigenvalue weighted by Gasteiger charge is 2.40. The van der Waals surface area contributed by atoms with E-state index in [1.165, 1.54) is 18.3 Å². The van der Waals surface area contributed by atoms with Crippen LogP contribution in [0.3, 0.4) is 0 Å². The monoisotopic (exact) mass is 457 g/mol. The Morgan fingerprint density at radius 3 is 2.67 bits per heavy atom. The number of carbonyl (C=O) groups is 1. The minimum atomic E-state index is -0.831. The molecule has 11 heteroatoms. The second-order valence-electron chi connectivity index (χ2n) is 7.74. The Labute approximate surface area is 189 Å². The Bertz CT molecular complexity index is 1110. The molecule has 1 amide bonds. The number of imidazole rings is 1. The van der Waals surface area contributed by atoms with Crippen LogP contribution in [0.5, 0.6) is 6.01 Å². The zero-order valence-corrected chi connectivity index (χ0v) is 18.2. The van der Waals surface area contributed by atoms with Gasteiger partial charge >= 0.3 is 6.01 Å². The summed E-state index contributed by atoms with van der Waals surface area (Å²) in [7, 11) is 1.56. The fraction of sp³-hybridized carbons (Fsp3) is 0.364. The lowest BCUT2D eigenvalue weighted by Gasteiger charge is -2.34. The number of rotatable bonds is 7. The molecule has 33 heavy (non-hydrogen) atoms. The van der Waals surface area contributed by atoms with Crippen LogP contribution in [0.2, 0.25) is 0 Å². The number of aromatic nitrogens is 4. The number of nitrogens with one attached hydrogen (secondary N) is 2. The zero-order valence-electron chi connectivity index (χ0n) is 18.2. The third-order valence-corrected chi connectivity index (χ3v) is 5.16. The molecule has 0 unspecified atom stereocenters. The smallest absolute Gasteiger partial charge is 0.317 e. The standard InChI is InChI=1S/C22H24FN5O5/c1-22(20(30)24-2)11-32-19(33-12-22)18-27-16(13-3-5-14(23)6-4-13)17(28-18)15-7-8-25-21(26-15)31-10-9-29/h3-8,19,29H,9-12H2,1-2H3,(H,24,30)(H,27,28). The average Bonchev–Trinajstić information content (AvgIpc) is 3.28. The van der Waals surface area contributed by atoms with E-state index in [2.05, 4.69) is 25.3 Å². The fourth-order valence-corrected chi connectivity index (χ4v) is 3.39. The molecule has 3 aromatic rings. The van der Waals surface area contributed by atoms with Crippen LogP contribution in [-0.4, -0.2) is 64.4 Å². The van der Waals surface area contributed by atoms with Gasteiger partial charge in [0, 0.05) is 18.8 Å². The summed E-state index contributed by atoms with van der Waals surface area (Å²) in [6.45, 7) is 1.93. The maximum Gasteiger partial charge on any atom is 0.317 e. The minimum Gasteiger partial charge on any atom is -0.461 e. The summed E-state index contributed by atoms with van der Waals surface area (Å²) in [4.78, 5) is 28.4. The van der Waals surface area contributed by atoms with Crippen LogP contribution in [0.1, 0.15) is 19.0 Å². The molecular formula is C22H24FN5O5. The highest BCUT2D eigenvalue weighted by molar-refractivity contribution is 5.82. The number of ether oxygens (including phenoxy) is 3. The molecule has 1 aromatic carbocycles. The zero-order chi connectivity index (χ0) is 23.4. The van der Waals surface area contributed by atoms with Gasteiger partial charge in [0.05, 0.1) is 42.3 Å². The lowest BCUT2D eigenvalue weighted by molar-refractivity contribution is -0.230. The SMILES string of the molecule is CNC(=O)C1(C)COC(c2nc(-c3ccc(F)cc3)c(-c3ccnc(OCCO)n3)[nH]2)OC1. The van der Waals surface area contributed by atoms with Gasteiger partial charge in [0.1, 0.15) is 12.4 Å². The molecule has 174 valence electrons. The number of amides is 1. The van der Waals surface area contributed by atoms with Crippen LogP contribution < -0.4 is 10.1 Å². The van der Waals surface area contributed by atoms with Crippen molar-refractivity contribution >= 4 is 5.91 Å². The largest absolute Gasteiger partial charge is 0.461 e. The maximum atomic E-state index is 13.5. The molecule has 1 aliphatic rings. The van der Waals surface area contributed by atoms with Crippen molar-refractivity contribution in [3.8, 4) is 28.7 Å². The molecule has 4 rings (SSSR count). The topological polar surface area (TPSA) is 131 Å². The second kappa shape index (κ2) is 9.61. The molecule has 2 aromatic heterocycles. The van der Waals surface area contributed by atoms with Crippen molar-refractivity contribution in [2.45, 2.75) is 13.2 Å². The van der Waals surface area contributed by atoms with Gasteiger partial charge < -0.3 is 29.6 Å². The van der Waals surface area contributed by atoms with Crippen molar-refractivity contribution in [2.75, 3.05) is 33.5 Å². The molecule has 1 aliphatic heterocycles. The Hall–Kier alpha value is -3.41. The van der Waals surface area contributed by atoms with Crippen LogP contribution in [0.4, 0.5) is 4.39 Å². The fourth-order valence-electron chi connectivity index (χ4n) is 3.39. The first-order valence-electron chi connectivity index (χ1n) is 10.3. The van der Waals surface area contributed by atoms with Crippen LogP contribution in [0.15, 0.2) is 36.5 Å². The second-order valence-corrected chi connectivity index (χ2v) is 7.74. The number of carbonyl (C=O) groups excluding carboxylic acids is 1. The number of hydrogen-bond donors (Lipinski definition) is 3. The van der Waals surface area contributed by atoms with E-state index in [1.807, 2.05) is 0 Å². The number of aliphatic hydroxyl groups excluding tert-OH is 1. The Balaban J connectivity index is 1.68. The number of halogens is 1. The number of benzene rings is 1. The predicted molar refractivity (Wildman–Crippen MR) is 114 cm³/mol. The number of nitrogens with zero attached hydrogens (tertiary/aromatic N) is 3. The van der Waals surface area contributed by atoms with Crippen LogP contribution in [-0.2, 0) is 14.3 Å². The molecule has 3 N–H and O–H groups in total. The predicted octanol–water partition coefficient (Wildman–Crippen LogP) is 1.84. The summed E-state index contributed by atoms with van der Waals surface area (Å²) in [5.74, 6) is -0.172. The third-order valence-electron chi connectivity index (χ3n) is 5.16. The van der Waals surface area contributed by atoms with E-state index in [0.717, 1.165) is 0 Å². The summed E-state index contributed by atoms with van der Waals surface area (Å²) >= 11 is 0. The third kappa shape index (κ3) is 4.85. The molecule has 0 radical (unpaired) electrons. The van der Waals surface area contributed by atoms with E-state index in [4.69, 9.17) is 19.3 Å². The summed E-state index contributed by atoms with van der Waals surface area (Å²) in [6.07, 6.45) is 0.689. The molecule has 3 heterocycles. The maximum absolute atomic E-state index is 13.5. The van der Waals surface area contributed by atoms with Gasteiger partial charge in [0.25, 0.3) is 0 Å². The minimum absolute atomic E-state index is 0.0519. The summed E-state index contributed by atoms with van der Waals surface area (Å²) in [6, 6.07) is 7.65. The highest BCUT2D eigenvalue weighted by Crippen LogP contribution is 2.35. The molecule has 1 fully saturated rings. The molecule has 0 bridgehead atoms. The number of hydrogen-bond acceptors (Lipinski definition) is 8. The van der Waals surface area contributed by atoms with Gasteiger partial charge in [0.15, 0.2) is 5.82 Å². The molecule has 1 saturated heterocycles. The van der Waals surface area contributed by atoms with Gasteiger partial charge in [-0.05, 0) is 37.3 Å². The summed E-state index contributed by atoms with van der Waals surface area (Å²) in [5, 5.41) is 11.6. The van der Waals surface area contributed by atoms with Gasteiger partial charge in [-0.3, -0.25) is 4.79 Å². The molecule has 0 spiro atoms. The van der Waals surface area contributed by atoms with Crippen LogP contribution >= 0.6 is 0 Å². The van der Waals surface area contributed by atoms with Gasteiger partial charge in [0.2, 0.25) is 12.2 Å². The van der Waals surface area contributed by atoms with Crippen LogP contribution in [0, 0.1) is 11.2 Å². The van der Waals surface area contributed by atoms with Crippen molar-refractivity contribution < 1.29 is 28.5 Å². The molecule has 0 saturated carbocycles. The first-order valence-corrected chi connectivity index (χ1v) is 10.3. The molecular weight excluding hydrogens is 433 g/mol. The number of aromatic amines is 1. The lowest BCUT2D eigenvalue weighted by Crippen LogP contribution is -2.47. The first-order chi connectivity index (χ1) is 15.9. The van der Waals surface area contributed by atoms with Gasteiger partial charge in [-0.1, -0.05) is 0 Å². The summed E-state index contributed by atoms with van der Waals surface area (Å²) < 4.78 is 30.4. The highest BCUT2D eigenvalue weighted by atomic mass is 19.1. The summed E-state index contributed by atoms with van der Waals surface area (Å²) in [5.41, 5.74) is 1.34. The van der Waals surface area contributed by atoms with Crippen molar-refractivity contribution in [1.82, 2.24) is 25.3 Å². The average molecular weight is 457 g/mol. The van der Waals surface area contributed by atoms with Crippen molar-refractivity contribution in [3.05, 3.63) is 48.2 Å². The van der Waals surface area contributed by atoms with E-state index in [1.54, 1.807) is 32.2 Å². The van der Waals surface area contributed by atoms with Crippen LogP contribution in [0.25, 0.3) is 22.6 Å². The van der Waals surface area contributed by atoms with E-state index in [9.17, 15) is 9.18 Å². The van der Waals surface area contributed by atoms with Crippen molar-refractivity contribution in [3.63, 3.8) is 0 Å². The van der Waals surface area contributed by atoms with E-state index in [-0.39, 0.29) is 44.2 Å². The molecule has 10 nitrogen and oxygen atoms in total. The van der Waals surface area contributed by atoms with E-state index < -0.39 is 11.7 Å². The lowest BCUT2D eigenvalue weighted by atomic mass is 9.91. The molecule has 0 aliphatic carbocycles. The van der Waals surface area contributed by atoms with Gasteiger partial charge in [-0.2, -0.15) is 4.98 Å². The number of aliphatic hydroxyl groups is 1. The Morgan fingerprint density at radius 2 is 2.00 bits per heavy atom. The van der Waals surface area contributed by atoms with E-state index in [0.29, 0.717) is 28.5 Å². The first kappa shape index (κ1) is 22.8. The van der Waals surface area contributed by atoms with E-state index >= 15 is 0 Å². The Morgan fingerprint density at radius 1 is 1.27 bits per heavy atom. The van der Waals surface area contributed by atoms with Crippen molar-refractivity contribution in [1.29, 1.82) is 0 Å².